The smallest absolute Gasteiger partial charge is 0.264 e. The monoisotopic (exact) mass is 966 g/mol. The van der Waals surface area contributed by atoms with Crippen molar-refractivity contribution in [2.45, 2.75) is 91.2 Å². The number of aromatic nitrogens is 2. The lowest BCUT2D eigenvalue weighted by molar-refractivity contribution is -0.136. The van der Waals surface area contributed by atoms with Gasteiger partial charge in [-0.25, -0.2) is 4.98 Å². The number of nitrogens with one attached hydrogen (secondary N) is 4. The second kappa shape index (κ2) is 24.0. The molecule has 7 rings (SSSR count). The summed E-state index contributed by atoms with van der Waals surface area (Å²) in [6.07, 6.45) is 5.67. The van der Waals surface area contributed by atoms with Gasteiger partial charge in [-0.05, 0) is 125 Å². The fourth-order valence-electron chi connectivity index (χ4n) is 8.73. The summed E-state index contributed by atoms with van der Waals surface area (Å²) in [4.78, 5) is 75.6. The average molecular weight is 968 g/mol. The van der Waals surface area contributed by atoms with Crippen molar-refractivity contribution >= 4 is 70.0 Å². The topological polar surface area (TPSA) is 203 Å². The average Bonchev–Trinajstić information content (AvgIpc) is 3.57. The highest BCUT2D eigenvalue weighted by Crippen LogP contribution is 2.39. The molecular weight excluding hydrogens is 904 g/mol. The van der Waals surface area contributed by atoms with Gasteiger partial charge in [-0.3, -0.25) is 34.2 Å². The van der Waals surface area contributed by atoms with Crippen molar-refractivity contribution in [2.75, 3.05) is 75.2 Å². The number of benzene rings is 3. The van der Waals surface area contributed by atoms with Crippen LogP contribution in [0.2, 0.25) is 5.02 Å². The van der Waals surface area contributed by atoms with Gasteiger partial charge >= 0.3 is 0 Å². The van der Waals surface area contributed by atoms with Crippen molar-refractivity contribution in [1.82, 2.24) is 25.1 Å². The summed E-state index contributed by atoms with van der Waals surface area (Å²) in [6.45, 7) is 14.8. The zero-order valence-electron chi connectivity index (χ0n) is 40.0. The Bertz CT molecular complexity index is 2500. The number of ether oxygens (including phenoxy) is 4. The van der Waals surface area contributed by atoms with Crippen molar-refractivity contribution < 1.29 is 42.9 Å². The number of amides is 5. The molecule has 2 fully saturated rings. The Morgan fingerprint density at radius 3 is 2.32 bits per heavy atom. The number of fused-ring (bicyclic) bond motifs is 1. The van der Waals surface area contributed by atoms with E-state index in [0.717, 1.165) is 67.3 Å². The van der Waals surface area contributed by atoms with Crippen molar-refractivity contribution in [3.8, 4) is 5.75 Å². The Hall–Kier alpha value is -5.98. The fraction of sp³-hybridized carbons (Fsp3) is 0.471. The van der Waals surface area contributed by atoms with E-state index in [1.165, 1.54) is 34.9 Å². The van der Waals surface area contributed by atoms with E-state index >= 15 is 0 Å². The molecular formula is C51H63ClN8O9. The number of hydrogen-bond donors (Lipinski definition) is 4. The van der Waals surface area contributed by atoms with Crippen LogP contribution in [-0.4, -0.2) is 121 Å². The van der Waals surface area contributed by atoms with Gasteiger partial charge in [-0.15, -0.1) is 0 Å². The van der Waals surface area contributed by atoms with Gasteiger partial charge in [0, 0.05) is 18.7 Å². The molecule has 4 heterocycles. The molecule has 5 amide bonds. The second-order valence-corrected chi connectivity index (χ2v) is 18.6. The maximum atomic E-state index is 13.3. The van der Waals surface area contributed by atoms with Gasteiger partial charge in [-0.2, -0.15) is 4.98 Å². The van der Waals surface area contributed by atoms with Gasteiger partial charge in [0.25, 0.3) is 11.8 Å². The van der Waals surface area contributed by atoms with Crippen LogP contribution in [0.1, 0.15) is 103 Å². The zero-order chi connectivity index (χ0) is 49.0. The fourth-order valence-corrected chi connectivity index (χ4v) is 8.87. The Morgan fingerprint density at radius 1 is 0.855 bits per heavy atom. The maximum Gasteiger partial charge on any atom is 0.264 e. The van der Waals surface area contributed by atoms with Gasteiger partial charge in [0.2, 0.25) is 23.7 Å². The molecule has 4 N–H and O–H groups in total. The van der Waals surface area contributed by atoms with Crippen molar-refractivity contribution in [1.29, 1.82) is 0 Å². The van der Waals surface area contributed by atoms with Gasteiger partial charge in [0.15, 0.2) is 5.82 Å². The van der Waals surface area contributed by atoms with Crippen LogP contribution in [0.4, 0.5) is 28.8 Å². The lowest BCUT2D eigenvalue weighted by Gasteiger charge is -2.33. The van der Waals surface area contributed by atoms with Gasteiger partial charge < -0.3 is 39.8 Å². The standard InChI is InChI=1S/C51H63ClN8O9/c1-31(2)13-14-35-9-6-7-11-39(35)55-47-38(52)29-53-51(58-47)56-41-27-33(5)37(28-43(41)69-32(3)4)34-17-19-59(20-18-34)21-22-66-23-24-67-25-26-68-30-45(62)54-40-12-8-10-36-46(40)50(65)60(49(36)64)42-15-16-44(61)57-48(42)63/h6-12,27-29,31-32,34,42H,13-26,30H2,1-5H3,(H,54,62)(H,57,61,63)(H2,53,55,56,58). The molecule has 69 heavy (non-hydrogen) atoms. The summed E-state index contributed by atoms with van der Waals surface area (Å²) in [5, 5.41) is 12.1. The maximum absolute atomic E-state index is 13.3. The van der Waals surface area contributed by atoms with Crippen LogP contribution in [0.25, 0.3) is 0 Å². The summed E-state index contributed by atoms with van der Waals surface area (Å²) in [6, 6.07) is 15.9. The SMILES string of the molecule is Cc1cc(Nc2ncc(Cl)c(Nc3ccccc3CCC(C)C)n2)c(OC(C)C)cc1C1CCN(CCOCCOCCOCC(=O)Nc2cccc3c2C(=O)N(C2CCC(=O)NC2=O)C3=O)CC1. The summed E-state index contributed by atoms with van der Waals surface area (Å²) >= 11 is 6.61. The molecule has 4 aromatic rings. The van der Waals surface area contributed by atoms with Crippen LogP contribution in [-0.2, 0) is 35.0 Å². The number of anilines is 5. The molecule has 0 aliphatic carbocycles. The van der Waals surface area contributed by atoms with Gasteiger partial charge in [0.1, 0.15) is 23.4 Å². The largest absolute Gasteiger partial charge is 0.489 e. The quantitative estimate of drug-likeness (QED) is 0.0419. The number of imide groups is 2. The highest BCUT2D eigenvalue weighted by molar-refractivity contribution is 6.33. The molecule has 1 aromatic heterocycles. The molecule has 0 radical (unpaired) electrons. The number of piperidine rings is 2. The molecule has 1 atom stereocenters. The summed E-state index contributed by atoms with van der Waals surface area (Å²) < 4.78 is 23.3. The first-order valence-electron chi connectivity index (χ1n) is 23.8. The summed E-state index contributed by atoms with van der Waals surface area (Å²) in [7, 11) is 0. The Morgan fingerprint density at radius 2 is 1.58 bits per heavy atom. The third-order valence-electron chi connectivity index (χ3n) is 12.3. The molecule has 3 aliphatic rings. The van der Waals surface area contributed by atoms with Crippen LogP contribution in [0.3, 0.4) is 0 Å². The van der Waals surface area contributed by atoms with Crippen LogP contribution in [0.5, 0.6) is 5.75 Å². The van der Waals surface area contributed by atoms with Gasteiger partial charge in [0.05, 0.1) is 67.8 Å². The number of aryl methyl sites for hydroxylation is 2. The van der Waals surface area contributed by atoms with Crippen LogP contribution >= 0.6 is 11.6 Å². The molecule has 368 valence electrons. The third kappa shape index (κ3) is 13.4. The lowest BCUT2D eigenvalue weighted by atomic mass is 9.86. The first-order valence-corrected chi connectivity index (χ1v) is 24.2. The minimum atomic E-state index is -1.10. The predicted molar refractivity (Wildman–Crippen MR) is 263 cm³/mol. The summed E-state index contributed by atoms with van der Waals surface area (Å²) in [5.74, 6) is -0.382. The van der Waals surface area contributed by atoms with Crippen molar-refractivity contribution in [2.24, 2.45) is 5.92 Å². The van der Waals surface area contributed by atoms with E-state index < -0.39 is 35.6 Å². The number of hydrogen-bond acceptors (Lipinski definition) is 14. The normalized spacial score (nSPS) is 16.6. The van der Waals surface area contributed by atoms with E-state index in [1.807, 2.05) is 26.0 Å². The van der Waals surface area contributed by atoms with E-state index in [-0.39, 0.29) is 55.6 Å². The van der Waals surface area contributed by atoms with Crippen LogP contribution in [0, 0.1) is 12.8 Å². The molecule has 3 aromatic carbocycles. The Kier molecular flexibility index (Phi) is 17.7. The van der Waals surface area contributed by atoms with Crippen molar-refractivity contribution in [3.63, 3.8) is 0 Å². The molecule has 0 spiro atoms. The molecule has 18 heteroatoms. The highest BCUT2D eigenvalue weighted by Gasteiger charge is 2.45. The van der Waals surface area contributed by atoms with Crippen molar-refractivity contribution in [3.05, 3.63) is 93.6 Å². The van der Waals surface area contributed by atoms with E-state index in [4.69, 9.17) is 35.5 Å². The van der Waals surface area contributed by atoms with E-state index in [1.54, 1.807) is 6.20 Å². The highest BCUT2D eigenvalue weighted by atomic mass is 35.5. The first-order chi connectivity index (χ1) is 33.2. The summed E-state index contributed by atoms with van der Waals surface area (Å²) in [5.41, 5.74) is 5.62. The number of carbonyl (C=O) groups excluding carboxylic acids is 5. The Balaban J connectivity index is 0.797. The molecule has 2 saturated heterocycles. The molecule has 1 unspecified atom stereocenters. The number of halogens is 1. The molecule has 0 bridgehead atoms. The molecule has 0 saturated carbocycles. The number of rotatable bonds is 23. The number of likely N-dealkylation sites (tertiary alicyclic amines) is 1. The number of para-hydroxylation sites is 1. The Labute approximate surface area is 408 Å². The molecule has 3 aliphatic heterocycles. The third-order valence-corrected chi connectivity index (χ3v) is 12.6. The minimum Gasteiger partial charge on any atom is -0.489 e. The zero-order valence-corrected chi connectivity index (χ0v) is 40.8. The van der Waals surface area contributed by atoms with E-state index in [2.05, 4.69) is 76.2 Å². The minimum absolute atomic E-state index is 0.00503. The van der Waals surface area contributed by atoms with Crippen LogP contribution < -0.4 is 26.0 Å². The second-order valence-electron chi connectivity index (χ2n) is 18.2. The van der Waals surface area contributed by atoms with E-state index in [0.29, 0.717) is 48.4 Å². The number of nitrogens with zero attached hydrogens (tertiary/aromatic N) is 4. The van der Waals surface area contributed by atoms with E-state index in [9.17, 15) is 24.0 Å². The molecule has 17 nitrogen and oxygen atoms in total. The first kappa shape index (κ1) is 50.9. The predicted octanol–water partition coefficient (Wildman–Crippen LogP) is 7.57. The van der Waals surface area contributed by atoms with Crippen LogP contribution in [0.15, 0.2) is 60.8 Å². The number of carbonyl (C=O) groups is 5. The van der Waals surface area contributed by atoms with Gasteiger partial charge in [-0.1, -0.05) is 49.7 Å². The lowest BCUT2D eigenvalue weighted by Crippen LogP contribution is -2.54.